The first kappa shape index (κ1) is 5.83. The van der Waals surface area contributed by atoms with E-state index < -0.39 is 0 Å². The number of fused-ring (bicyclic) bond motifs is 1. The molecule has 1 N–H and O–H groups in total. The van der Waals surface area contributed by atoms with Crippen LogP contribution in [0.3, 0.4) is 0 Å². The normalized spacial score (nSPS) is 15.0. The van der Waals surface area contributed by atoms with E-state index in [-0.39, 0.29) is 0 Å². The van der Waals surface area contributed by atoms with Crippen LogP contribution in [0.4, 0.5) is 0 Å². The molecule has 0 aromatic carbocycles. The lowest BCUT2D eigenvalue weighted by molar-refractivity contribution is 0.353. The van der Waals surface area contributed by atoms with Crippen molar-refractivity contribution in [1.82, 2.24) is 4.98 Å². The Labute approximate surface area is 60.2 Å². The van der Waals surface area contributed by atoms with Crippen LogP contribution in [0.2, 0.25) is 0 Å². The van der Waals surface area contributed by atoms with Gasteiger partial charge in [0, 0.05) is 17.7 Å². The highest BCUT2D eigenvalue weighted by molar-refractivity contribution is 5.44. The van der Waals surface area contributed by atoms with Gasteiger partial charge < -0.3 is 9.72 Å². The maximum atomic E-state index is 5.42. The zero-order chi connectivity index (χ0) is 7.14. The number of nitrogens with one attached hydrogen (secondary N) is 1. The van der Waals surface area contributed by atoms with Crippen molar-refractivity contribution >= 4 is 0 Å². The third-order valence-electron chi connectivity index (χ3n) is 2.04. The lowest BCUT2D eigenvalue weighted by Crippen LogP contribution is -1.91. The molecule has 1 aromatic heterocycles. The number of H-pyrrole nitrogens is 1. The van der Waals surface area contributed by atoms with Gasteiger partial charge in [-0.15, -0.1) is 0 Å². The first-order valence-electron chi connectivity index (χ1n) is 3.60. The highest BCUT2D eigenvalue weighted by atomic mass is 16.5. The van der Waals surface area contributed by atoms with E-state index in [1.165, 1.54) is 17.0 Å². The molecule has 0 bridgehead atoms. The molecule has 0 amide bonds. The van der Waals surface area contributed by atoms with Gasteiger partial charge in [0.2, 0.25) is 0 Å². The number of ether oxygens (including phenoxy) is 1. The molecule has 54 valence electrons. The van der Waals surface area contributed by atoms with Crippen LogP contribution >= 0.6 is 0 Å². The second-order valence-corrected chi connectivity index (χ2v) is 2.78. The van der Waals surface area contributed by atoms with Crippen LogP contribution in [-0.2, 0) is 6.42 Å². The van der Waals surface area contributed by atoms with Crippen LogP contribution in [0.5, 0.6) is 5.75 Å². The van der Waals surface area contributed by atoms with Gasteiger partial charge in [-0.3, -0.25) is 0 Å². The summed E-state index contributed by atoms with van der Waals surface area (Å²) in [6.45, 7) is 5.01. The fourth-order valence-corrected chi connectivity index (χ4v) is 1.56. The monoisotopic (exact) mass is 137 g/mol. The highest BCUT2D eigenvalue weighted by Gasteiger charge is 2.18. The summed E-state index contributed by atoms with van der Waals surface area (Å²) in [6.07, 6.45) is 1.07. The Kier molecular flexibility index (Phi) is 1.04. The minimum absolute atomic E-state index is 0.862. The van der Waals surface area contributed by atoms with Crippen molar-refractivity contribution in [2.24, 2.45) is 0 Å². The largest absolute Gasteiger partial charge is 0.491 e. The fraction of sp³-hybridized carbons (Fsp3) is 0.500. The molecule has 2 heterocycles. The molecule has 2 rings (SSSR count). The molecular weight excluding hydrogens is 126 g/mol. The van der Waals surface area contributed by atoms with Gasteiger partial charge in [0.15, 0.2) is 0 Å². The number of aromatic nitrogens is 1. The Bertz CT molecular complexity index is 238. The number of aryl methyl sites for hydroxylation is 2. The molecule has 0 saturated heterocycles. The van der Waals surface area contributed by atoms with Gasteiger partial charge >= 0.3 is 0 Å². The Morgan fingerprint density at radius 2 is 2.10 bits per heavy atom. The third-order valence-corrected chi connectivity index (χ3v) is 2.04. The molecule has 0 atom stereocenters. The molecular formula is C8H11NO. The predicted octanol–water partition coefficient (Wildman–Crippen LogP) is 1.57. The van der Waals surface area contributed by atoms with Crippen molar-refractivity contribution in [2.45, 2.75) is 20.3 Å². The molecule has 0 radical (unpaired) electrons. The zero-order valence-corrected chi connectivity index (χ0v) is 6.32. The summed E-state index contributed by atoms with van der Waals surface area (Å²) in [5.41, 5.74) is 3.81. The van der Waals surface area contributed by atoms with E-state index in [4.69, 9.17) is 4.74 Å². The second-order valence-electron chi connectivity index (χ2n) is 2.78. The molecule has 10 heavy (non-hydrogen) atoms. The van der Waals surface area contributed by atoms with Gasteiger partial charge in [-0.2, -0.15) is 0 Å². The minimum Gasteiger partial charge on any atom is -0.491 e. The third kappa shape index (κ3) is 0.589. The average molecular weight is 137 g/mol. The van der Waals surface area contributed by atoms with E-state index in [0.29, 0.717) is 0 Å². The fourth-order valence-electron chi connectivity index (χ4n) is 1.56. The Hall–Kier alpha value is -0.920. The minimum atomic E-state index is 0.862. The molecule has 2 heteroatoms. The zero-order valence-electron chi connectivity index (χ0n) is 6.32. The van der Waals surface area contributed by atoms with Crippen molar-refractivity contribution in [2.75, 3.05) is 6.61 Å². The molecule has 0 saturated carbocycles. The Balaban J connectivity index is 2.61. The van der Waals surface area contributed by atoms with Crippen molar-refractivity contribution in [1.29, 1.82) is 0 Å². The van der Waals surface area contributed by atoms with Crippen LogP contribution < -0.4 is 4.74 Å². The molecule has 1 aliphatic rings. The maximum Gasteiger partial charge on any atom is 0.143 e. The molecule has 1 aromatic rings. The quantitative estimate of drug-likeness (QED) is 0.576. The van der Waals surface area contributed by atoms with Gasteiger partial charge in [0.05, 0.1) is 12.3 Å². The first-order chi connectivity index (χ1) is 4.79. The van der Waals surface area contributed by atoms with Gasteiger partial charge in [-0.1, -0.05) is 0 Å². The lowest BCUT2D eigenvalue weighted by Gasteiger charge is -1.93. The summed E-state index contributed by atoms with van der Waals surface area (Å²) in [5, 5.41) is 0. The molecule has 0 unspecified atom stereocenters. The van der Waals surface area contributed by atoms with Crippen LogP contribution in [-0.4, -0.2) is 11.6 Å². The molecule has 2 nitrogen and oxygen atoms in total. The Morgan fingerprint density at radius 3 is 2.80 bits per heavy atom. The van der Waals surface area contributed by atoms with E-state index in [1.54, 1.807) is 0 Å². The first-order valence-corrected chi connectivity index (χ1v) is 3.60. The summed E-state index contributed by atoms with van der Waals surface area (Å²) >= 11 is 0. The SMILES string of the molecule is Cc1[nH]c(C)c2c1CCO2. The number of hydrogen-bond donors (Lipinski definition) is 1. The lowest BCUT2D eigenvalue weighted by atomic mass is 10.2. The number of aromatic amines is 1. The van der Waals surface area contributed by atoms with Gasteiger partial charge in [-0.05, 0) is 13.8 Å². The van der Waals surface area contributed by atoms with Crippen LogP contribution in [0, 0.1) is 13.8 Å². The summed E-state index contributed by atoms with van der Waals surface area (Å²) in [5.74, 6) is 1.09. The van der Waals surface area contributed by atoms with Crippen molar-refractivity contribution in [3.8, 4) is 5.75 Å². The van der Waals surface area contributed by atoms with Gasteiger partial charge in [0.25, 0.3) is 0 Å². The molecule has 1 aliphatic heterocycles. The Morgan fingerprint density at radius 1 is 1.30 bits per heavy atom. The second kappa shape index (κ2) is 1.78. The van der Waals surface area contributed by atoms with E-state index in [2.05, 4.69) is 18.8 Å². The van der Waals surface area contributed by atoms with Crippen molar-refractivity contribution in [3.05, 3.63) is 17.0 Å². The van der Waals surface area contributed by atoms with E-state index in [1.807, 2.05) is 0 Å². The van der Waals surface area contributed by atoms with E-state index >= 15 is 0 Å². The predicted molar refractivity (Wildman–Crippen MR) is 39.5 cm³/mol. The number of hydrogen-bond acceptors (Lipinski definition) is 1. The number of rotatable bonds is 0. The van der Waals surface area contributed by atoms with Crippen molar-refractivity contribution in [3.63, 3.8) is 0 Å². The van der Waals surface area contributed by atoms with Crippen LogP contribution in [0.1, 0.15) is 17.0 Å². The maximum absolute atomic E-state index is 5.42. The molecule has 0 fully saturated rings. The smallest absolute Gasteiger partial charge is 0.143 e. The van der Waals surface area contributed by atoms with Crippen molar-refractivity contribution < 1.29 is 4.74 Å². The summed E-state index contributed by atoms with van der Waals surface area (Å²) in [4.78, 5) is 3.25. The van der Waals surface area contributed by atoms with E-state index in [0.717, 1.165) is 18.8 Å². The van der Waals surface area contributed by atoms with Gasteiger partial charge in [-0.25, -0.2) is 0 Å². The van der Waals surface area contributed by atoms with Gasteiger partial charge in [0.1, 0.15) is 5.75 Å². The molecule has 0 aliphatic carbocycles. The average Bonchev–Trinajstić information content (AvgIpc) is 2.39. The van der Waals surface area contributed by atoms with E-state index in [9.17, 15) is 0 Å². The highest BCUT2D eigenvalue weighted by Crippen LogP contribution is 2.31. The van der Waals surface area contributed by atoms with Crippen LogP contribution in [0.25, 0.3) is 0 Å². The summed E-state index contributed by atoms with van der Waals surface area (Å²) in [6, 6.07) is 0. The summed E-state index contributed by atoms with van der Waals surface area (Å²) < 4.78 is 5.42. The summed E-state index contributed by atoms with van der Waals surface area (Å²) in [7, 11) is 0. The standard InChI is InChI=1S/C8H11NO/c1-5-7-3-4-10-8(7)6(2)9-5/h9H,3-4H2,1-2H3. The van der Waals surface area contributed by atoms with Crippen LogP contribution in [0.15, 0.2) is 0 Å². The molecule has 0 spiro atoms. The topological polar surface area (TPSA) is 25.0 Å².